The number of amides is 1. The summed E-state index contributed by atoms with van der Waals surface area (Å²) in [6, 6.07) is 0. The molecule has 0 atom stereocenters. The van der Waals surface area contributed by atoms with Gasteiger partial charge in [-0.2, -0.15) is 0 Å². The predicted molar refractivity (Wildman–Crippen MR) is 51.4 cm³/mol. The van der Waals surface area contributed by atoms with Crippen molar-refractivity contribution in [2.75, 3.05) is 12.8 Å². The van der Waals surface area contributed by atoms with E-state index in [1.54, 1.807) is 6.92 Å². The summed E-state index contributed by atoms with van der Waals surface area (Å²) in [5.41, 5.74) is 0. The molecule has 4 nitrogen and oxygen atoms in total. The Labute approximate surface area is 76.7 Å². The fourth-order valence-electron chi connectivity index (χ4n) is 0.402. The molecule has 12 heavy (non-hydrogen) atoms. The van der Waals surface area contributed by atoms with Crippen LogP contribution in [0.25, 0.3) is 0 Å². The van der Waals surface area contributed by atoms with Gasteiger partial charge in [-0.25, -0.2) is 4.79 Å². The molecule has 0 aliphatic heterocycles. The smallest absolute Gasteiger partial charge is 0.320 e. The molecule has 5 heteroatoms. The van der Waals surface area contributed by atoms with Crippen molar-refractivity contribution in [1.29, 1.82) is 0 Å². The summed E-state index contributed by atoms with van der Waals surface area (Å²) < 4.78 is 0. The number of nitrogens with zero attached hydrogens (tertiary/aromatic N) is 1. The third-order valence-corrected chi connectivity index (χ3v) is 1.74. The van der Waals surface area contributed by atoms with Gasteiger partial charge in [0.1, 0.15) is 5.04 Å². The average molecular weight is 190 g/mol. The molecule has 0 unspecified atom stereocenters. The Balaban J connectivity index is 3.56. The van der Waals surface area contributed by atoms with E-state index in [1.807, 2.05) is 13.2 Å². The van der Waals surface area contributed by atoms with E-state index in [1.165, 1.54) is 11.8 Å². The van der Waals surface area contributed by atoms with E-state index in [2.05, 4.69) is 15.3 Å². The number of hydrogen-bond acceptors (Lipinski definition) is 4. The van der Waals surface area contributed by atoms with Crippen LogP contribution in [0, 0.1) is 0 Å². The van der Waals surface area contributed by atoms with E-state index >= 15 is 0 Å². The number of thioether (sulfide) groups is 1. The normalized spacial score (nSPS) is 11.1. The van der Waals surface area contributed by atoms with Gasteiger partial charge in [0.25, 0.3) is 0 Å². The molecular weight excluding hydrogens is 176 g/mol. The highest BCUT2D eigenvalue weighted by Gasteiger charge is 1.98. The van der Waals surface area contributed by atoms with Crippen LogP contribution in [0.5, 0.6) is 0 Å². The molecule has 0 aromatic heterocycles. The summed E-state index contributed by atoms with van der Waals surface area (Å²) in [5, 5.41) is 6.82. The summed E-state index contributed by atoms with van der Waals surface area (Å²) in [5.74, 6) is 0. The van der Waals surface area contributed by atoms with Gasteiger partial charge in [0.15, 0.2) is 0 Å². The van der Waals surface area contributed by atoms with E-state index in [-0.39, 0.29) is 0 Å². The lowest BCUT2D eigenvalue weighted by atomic mass is 10.5. The summed E-state index contributed by atoms with van der Waals surface area (Å²) in [4.78, 5) is 15.3. The van der Waals surface area contributed by atoms with Crippen molar-refractivity contribution in [3.8, 4) is 0 Å². The fourth-order valence-corrected chi connectivity index (χ4v) is 0.514. The van der Waals surface area contributed by atoms with Crippen molar-refractivity contribution in [2.24, 2.45) is 5.16 Å². The van der Waals surface area contributed by atoms with E-state index in [4.69, 9.17) is 0 Å². The standard InChI is InChI=1S/C7H14N2O2S/c1-4-5-8-7(10)11-9-6(2)12-3/h4-5H2,1-3H3,(H,8,10)/b9-6+. The Bertz CT molecular complexity index is 171. The highest BCUT2D eigenvalue weighted by molar-refractivity contribution is 8.13. The average Bonchev–Trinajstić information content (AvgIpc) is 2.10. The van der Waals surface area contributed by atoms with Crippen molar-refractivity contribution in [2.45, 2.75) is 20.3 Å². The monoisotopic (exact) mass is 190 g/mol. The van der Waals surface area contributed by atoms with Crippen molar-refractivity contribution in [3.05, 3.63) is 0 Å². The van der Waals surface area contributed by atoms with E-state index in [0.29, 0.717) is 6.54 Å². The molecule has 1 N–H and O–H groups in total. The first kappa shape index (κ1) is 11.3. The Kier molecular flexibility index (Phi) is 6.55. The van der Waals surface area contributed by atoms with Crippen molar-refractivity contribution in [3.63, 3.8) is 0 Å². The van der Waals surface area contributed by atoms with E-state index in [0.717, 1.165) is 11.5 Å². The van der Waals surface area contributed by atoms with Crippen LogP contribution in [0.2, 0.25) is 0 Å². The summed E-state index contributed by atoms with van der Waals surface area (Å²) >= 11 is 1.44. The molecule has 0 bridgehead atoms. The zero-order valence-electron chi connectivity index (χ0n) is 7.59. The Morgan fingerprint density at radius 2 is 2.33 bits per heavy atom. The van der Waals surface area contributed by atoms with Gasteiger partial charge in [-0.1, -0.05) is 12.1 Å². The number of nitrogens with one attached hydrogen (secondary N) is 1. The summed E-state index contributed by atoms with van der Waals surface area (Å²) in [6.45, 7) is 4.36. The SMILES string of the molecule is CCCNC(=O)O/N=C(\C)SC. The Morgan fingerprint density at radius 1 is 1.67 bits per heavy atom. The minimum Gasteiger partial charge on any atom is -0.320 e. The van der Waals surface area contributed by atoms with Crippen LogP contribution in [-0.4, -0.2) is 23.9 Å². The van der Waals surface area contributed by atoms with Crippen LogP contribution in [0.4, 0.5) is 4.79 Å². The largest absolute Gasteiger partial charge is 0.433 e. The van der Waals surface area contributed by atoms with Crippen molar-refractivity contribution < 1.29 is 9.63 Å². The molecular formula is C7H14N2O2S. The highest BCUT2D eigenvalue weighted by Crippen LogP contribution is 1.96. The number of hydrogen-bond donors (Lipinski definition) is 1. The van der Waals surface area contributed by atoms with Crippen molar-refractivity contribution in [1.82, 2.24) is 5.32 Å². The topological polar surface area (TPSA) is 50.7 Å². The van der Waals surface area contributed by atoms with Gasteiger partial charge in [-0.05, 0) is 19.6 Å². The van der Waals surface area contributed by atoms with Gasteiger partial charge in [0, 0.05) is 6.54 Å². The van der Waals surface area contributed by atoms with Gasteiger partial charge in [-0.3, -0.25) is 4.84 Å². The van der Waals surface area contributed by atoms with Crippen LogP contribution in [0.1, 0.15) is 20.3 Å². The first-order chi connectivity index (χ1) is 5.70. The summed E-state index contributed by atoms with van der Waals surface area (Å²) in [6.07, 6.45) is 2.26. The van der Waals surface area contributed by atoms with Crippen molar-refractivity contribution >= 4 is 22.9 Å². The maximum absolute atomic E-state index is 10.8. The maximum Gasteiger partial charge on any atom is 0.433 e. The van der Waals surface area contributed by atoms with Crippen LogP contribution < -0.4 is 5.32 Å². The quantitative estimate of drug-likeness (QED) is 0.319. The second-order valence-corrected chi connectivity index (χ2v) is 3.12. The van der Waals surface area contributed by atoms with Gasteiger partial charge in [0.05, 0.1) is 0 Å². The molecule has 0 heterocycles. The second-order valence-electron chi connectivity index (χ2n) is 2.12. The molecule has 0 saturated heterocycles. The number of oxime groups is 1. The van der Waals surface area contributed by atoms with Crippen LogP contribution in [0.15, 0.2) is 5.16 Å². The first-order valence-electron chi connectivity index (χ1n) is 3.74. The zero-order valence-corrected chi connectivity index (χ0v) is 8.40. The number of carbonyl (C=O) groups excluding carboxylic acids is 1. The summed E-state index contributed by atoms with van der Waals surface area (Å²) in [7, 11) is 0. The molecule has 0 radical (unpaired) electrons. The zero-order chi connectivity index (χ0) is 9.40. The maximum atomic E-state index is 10.8. The van der Waals surface area contributed by atoms with Gasteiger partial charge < -0.3 is 5.32 Å². The molecule has 1 amide bonds. The third kappa shape index (κ3) is 6.03. The third-order valence-electron chi connectivity index (χ3n) is 1.07. The first-order valence-corrected chi connectivity index (χ1v) is 4.96. The lowest BCUT2D eigenvalue weighted by molar-refractivity contribution is 0.151. The molecule has 0 saturated carbocycles. The highest BCUT2D eigenvalue weighted by atomic mass is 32.2. The minimum absolute atomic E-state index is 0.495. The lowest BCUT2D eigenvalue weighted by Crippen LogP contribution is -2.23. The molecule has 0 rings (SSSR count). The molecule has 0 aromatic rings. The second kappa shape index (κ2) is 6.97. The van der Waals surface area contributed by atoms with E-state index in [9.17, 15) is 4.79 Å². The molecule has 0 aromatic carbocycles. The van der Waals surface area contributed by atoms with Crippen LogP contribution in [-0.2, 0) is 4.84 Å². The van der Waals surface area contributed by atoms with E-state index < -0.39 is 6.09 Å². The Morgan fingerprint density at radius 3 is 2.83 bits per heavy atom. The van der Waals surface area contributed by atoms with Gasteiger partial charge in [-0.15, -0.1) is 11.8 Å². The van der Waals surface area contributed by atoms with Gasteiger partial charge >= 0.3 is 6.09 Å². The lowest BCUT2D eigenvalue weighted by Gasteiger charge is -1.99. The van der Waals surface area contributed by atoms with Crippen LogP contribution >= 0.6 is 11.8 Å². The van der Waals surface area contributed by atoms with Gasteiger partial charge in [0.2, 0.25) is 0 Å². The molecule has 0 fully saturated rings. The fraction of sp³-hybridized carbons (Fsp3) is 0.714. The predicted octanol–water partition coefficient (Wildman–Crippen LogP) is 1.82. The minimum atomic E-state index is -0.495. The number of rotatable bonds is 3. The molecule has 70 valence electrons. The molecule has 0 aliphatic carbocycles. The van der Waals surface area contributed by atoms with Crippen LogP contribution in [0.3, 0.4) is 0 Å². The molecule has 0 spiro atoms. The Hall–Kier alpha value is -0.710. The number of carbonyl (C=O) groups is 1. The molecule has 0 aliphatic rings.